The Labute approximate surface area is 333 Å². The maximum Gasteiger partial charge on any atom is 0.264 e. The van der Waals surface area contributed by atoms with E-state index in [0.717, 1.165) is 48.4 Å². The molecular formula is C46H47N3O8. The Bertz CT molecular complexity index is 2270. The number of imide groups is 1. The van der Waals surface area contributed by atoms with E-state index in [2.05, 4.69) is 54.2 Å². The molecule has 1 fully saturated rings. The van der Waals surface area contributed by atoms with E-state index in [1.54, 1.807) is 45.6 Å². The predicted molar refractivity (Wildman–Crippen MR) is 213 cm³/mol. The van der Waals surface area contributed by atoms with Gasteiger partial charge in [-0.05, 0) is 129 Å². The van der Waals surface area contributed by atoms with Crippen LogP contribution in [0.3, 0.4) is 0 Å². The topological polar surface area (TPSA) is 99.2 Å². The zero-order valence-corrected chi connectivity index (χ0v) is 32.9. The van der Waals surface area contributed by atoms with Gasteiger partial charge in [0.05, 0.1) is 32.5 Å². The van der Waals surface area contributed by atoms with Crippen molar-refractivity contribution in [2.75, 3.05) is 55.2 Å². The molecule has 1 aliphatic carbocycles. The quantitative estimate of drug-likeness (QED) is 0.188. The van der Waals surface area contributed by atoms with E-state index in [1.165, 1.54) is 11.1 Å². The van der Waals surface area contributed by atoms with Crippen LogP contribution in [0.25, 0.3) is 0 Å². The van der Waals surface area contributed by atoms with Gasteiger partial charge in [0, 0.05) is 24.5 Å². The molecule has 0 radical (unpaired) electrons. The first-order valence-corrected chi connectivity index (χ1v) is 19.6. The molecular weight excluding hydrogens is 723 g/mol. The van der Waals surface area contributed by atoms with Crippen LogP contribution in [0.4, 0.5) is 0 Å². The number of carbonyl (C=O) groups excluding carboxylic acids is 2. The van der Waals surface area contributed by atoms with Gasteiger partial charge in [-0.15, -0.1) is 0 Å². The van der Waals surface area contributed by atoms with Crippen molar-refractivity contribution in [1.82, 2.24) is 14.7 Å². The molecule has 1 saturated heterocycles. The number of amides is 2. The van der Waals surface area contributed by atoms with Crippen LogP contribution in [0.15, 0.2) is 102 Å². The van der Waals surface area contributed by atoms with Crippen molar-refractivity contribution in [2.45, 2.75) is 37.8 Å². The normalized spacial score (nSPS) is 23.0. The molecule has 6 bridgehead atoms. The van der Waals surface area contributed by atoms with Crippen molar-refractivity contribution in [3.63, 3.8) is 0 Å². The van der Waals surface area contributed by atoms with Gasteiger partial charge in [-0.3, -0.25) is 14.5 Å². The Morgan fingerprint density at radius 1 is 0.737 bits per heavy atom. The summed E-state index contributed by atoms with van der Waals surface area (Å²) >= 11 is 0. The van der Waals surface area contributed by atoms with Crippen LogP contribution in [-0.2, 0) is 28.7 Å². The summed E-state index contributed by atoms with van der Waals surface area (Å²) in [4.78, 5) is 32.3. The molecule has 5 aliphatic heterocycles. The summed E-state index contributed by atoms with van der Waals surface area (Å²) in [6.07, 6.45) is 5.43. The summed E-state index contributed by atoms with van der Waals surface area (Å²) in [7, 11) is 9.36. The fourth-order valence-corrected chi connectivity index (χ4v) is 9.23. The van der Waals surface area contributed by atoms with Gasteiger partial charge in [0.15, 0.2) is 47.0 Å². The Morgan fingerprint density at radius 3 is 2.19 bits per heavy atom. The lowest BCUT2D eigenvalue weighted by molar-refractivity contribution is 0.0519. The highest BCUT2D eigenvalue weighted by molar-refractivity contribution is 6.21. The SMILES string of the molecule is COC1=CC2CCN(C)[C@@H]3Cc4ccc(OCN5C(=O)c6ccccc6C5=O)c(c4)Oc4ccc(cc4)C[C@H]4c5cc(c(OC)cc5CCN4C)OC(=C1OC)C23. The van der Waals surface area contributed by atoms with E-state index >= 15 is 0 Å². The molecule has 0 saturated carbocycles. The number of allylic oxidation sites excluding steroid dienone is 1. The number of methoxy groups -OCH3 is 3. The van der Waals surface area contributed by atoms with Gasteiger partial charge in [-0.1, -0.05) is 30.3 Å². The monoisotopic (exact) mass is 769 g/mol. The minimum Gasteiger partial charge on any atom is -0.493 e. The molecule has 2 unspecified atom stereocenters. The second-order valence-corrected chi connectivity index (χ2v) is 15.5. The Hall–Kier alpha value is -5.78. The molecule has 10 rings (SSSR count). The van der Waals surface area contributed by atoms with Crippen molar-refractivity contribution < 1.29 is 38.0 Å². The highest BCUT2D eigenvalue weighted by atomic mass is 16.6. The Kier molecular flexibility index (Phi) is 9.66. The van der Waals surface area contributed by atoms with Crippen LogP contribution in [0.1, 0.15) is 55.4 Å². The summed E-state index contributed by atoms with van der Waals surface area (Å²) in [5.74, 6) is 4.10. The van der Waals surface area contributed by atoms with Gasteiger partial charge < -0.3 is 33.3 Å². The molecule has 0 aromatic heterocycles. The number of rotatable bonds is 6. The lowest BCUT2D eigenvalue weighted by atomic mass is 9.73. The smallest absolute Gasteiger partial charge is 0.264 e. The van der Waals surface area contributed by atoms with Crippen LogP contribution in [-0.4, -0.2) is 87.8 Å². The van der Waals surface area contributed by atoms with Crippen molar-refractivity contribution >= 4 is 11.8 Å². The van der Waals surface area contributed by atoms with Gasteiger partial charge in [-0.25, -0.2) is 4.90 Å². The van der Waals surface area contributed by atoms with Crippen molar-refractivity contribution in [2.24, 2.45) is 11.8 Å². The lowest BCUT2D eigenvalue weighted by Crippen LogP contribution is -2.50. The number of nitrogens with zero attached hydrogens (tertiary/aromatic N) is 3. The maximum atomic E-state index is 13.2. The predicted octanol–water partition coefficient (Wildman–Crippen LogP) is 7.17. The van der Waals surface area contributed by atoms with Gasteiger partial charge in [0.25, 0.3) is 11.8 Å². The number of likely N-dealkylation sites (tertiary alicyclic amines) is 1. The second-order valence-electron chi connectivity index (χ2n) is 15.5. The number of ether oxygens (including phenoxy) is 6. The number of carbonyl (C=O) groups is 2. The molecule has 57 heavy (non-hydrogen) atoms. The van der Waals surface area contributed by atoms with Crippen molar-refractivity contribution in [3.05, 3.63) is 136 Å². The summed E-state index contributed by atoms with van der Waals surface area (Å²) in [5.41, 5.74) is 5.38. The Balaban J connectivity index is 1.14. The molecule has 4 atom stereocenters. The second kappa shape index (κ2) is 14.9. The Morgan fingerprint density at radius 2 is 1.47 bits per heavy atom. The first-order chi connectivity index (χ1) is 27.7. The lowest BCUT2D eigenvalue weighted by Gasteiger charge is -2.46. The maximum absolute atomic E-state index is 13.2. The van der Waals surface area contributed by atoms with E-state index < -0.39 is 0 Å². The van der Waals surface area contributed by atoms with Crippen molar-refractivity contribution in [1.29, 1.82) is 0 Å². The summed E-state index contributed by atoms with van der Waals surface area (Å²) in [5, 5.41) is 0. The fraction of sp³-hybridized carbons (Fsp3) is 0.348. The van der Waals surface area contributed by atoms with Crippen molar-refractivity contribution in [3.8, 4) is 28.7 Å². The van der Waals surface area contributed by atoms with Crippen LogP contribution < -0.4 is 18.9 Å². The number of fused-ring (bicyclic) bond motifs is 3. The standard InChI is InChI=1S/C46H47N3O8/c1-47-18-16-29-23-38(52-3)40-25-34(29)35(47)20-27-10-13-31(14-11-27)56-39-22-28(12-15-37(39)55-26-49-45(50)32-8-6-7-9-33(32)46(49)51)21-36-42-30(17-19-48(36)2)24-41(53-4)43(54-5)44(42)57-40/h6-15,22-25,30,35-36,42H,16-21,26H2,1-5H3/t30?,35-,36+,42?/m0/s1. The number of hydrogen-bond donors (Lipinski definition) is 0. The molecule has 0 N–H and O–H groups in total. The van der Waals surface area contributed by atoms with Gasteiger partial charge >= 0.3 is 0 Å². The highest BCUT2D eigenvalue weighted by Gasteiger charge is 2.45. The van der Waals surface area contributed by atoms with E-state index in [9.17, 15) is 9.59 Å². The van der Waals surface area contributed by atoms with E-state index in [-0.39, 0.29) is 42.5 Å². The molecule has 6 aliphatic rings. The number of likely N-dealkylation sites (N-methyl/N-ethyl adjacent to an activating group) is 2. The van der Waals surface area contributed by atoms with Crippen LogP contribution >= 0.6 is 0 Å². The average Bonchev–Trinajstić information content (AvgIpc) is 3.47. The summed E-state index contributed by atoms with van der Waals surface area (Å²) in [6.45, 7) is 1.54. The van der Waals surface area contributed by atoms with E-state index in [0.29, 0.717) is 63.6 Å². The first kappa shape index (κ1) is 36.8. The number of hydrogen-bond acceptors (Lipinski definition) is 10. The van der Waals surface area contributed by atoms with Gasteiger partial charge in [0.2, 0.25) is 0 Å². The molecule has 4 aromatic carbocycles. The highest BCUT2D eigenvalue weighted by Crippen LogP contribution is 2.47. The van der Waals surface area contributed by atoms with Crippen LogP contribution in [0, 0.1) is 11.8 Å². The first-order valence-electron chi connectivity index (χ1n) is 19.6. The number of benzene rings is 4. The third-order valence-corrected chi connectivity index (χ3v) is 12.3. The molecule has 4 aromatic rings. The minimum atomic E-state index is -0.382. The third-order valence-electron chi connectivity index (χ3n) is 12.3. The van der Waals surface area contributed by atoms with Crippen LogP contribution in [0.2, 0.25) is 0 Å². The molecule has 2 amide bonds. The molecule has 11 heteroatoms. The number of piperidine rings is 1. The summed E-state index contributed by atoms with van der Waals surface area (Å²) < 4.78 is 38.1. The molecule has 5 heterocycles. The fourth-order valence-electron chi connectivity index (χ4n) is 9.23. The summed E-state index contributed by atoms with van der Waals surface area (Å²) in [6, 6.07) is 25.3. The van der Waals surface area contributed by atoms with Gasteiger partial charge in [0.1, 0.15) is 5.75 Å². The average molecular weight is 770 g/mol. The minimum absolute atomic E-state index is 0.00260. The third kappa shape index (κ3) is 6.58. The zero-order valence-electron chi connectivity index (χ0n) is 32.9. The molecule has 11 nitrogen and oxygen atoms in total. The van der Waals surface area contributed by atoms with E-state index in [1.807, 2.05) is 30.3 Å². The largest absolute Gasteiger partial charge is 0.493 e. The zero-order chi connectivity index (χ0) is 39.4. The van der Waals surface area contributed by atoms with Gasteiger partial charge in [-0.2, -0.15) is 0 Å². The molecule has 294 valence electrons. The van der Waals surface area contributed by atoms with E-state index in [4.69, 9.17) is 28.4 Å². The van der Waals surface area contributed by atoms with Crippen LogP contribution in [0.5, 0.6) is 28.7 Å². The molecule has 0 spiro atoms.